The van der Waals surface area contributed by atoms with E-state index in [-0.39, 0.29) is 30.1 Å². The van der Waals surface area contributed by atoms with Gasteiger partial charge in [-0.05, 0) is 25.3 Å². The molecule has 1 aromatic carbocycles. The third-order valence-electron chi connectivity index (χ3n) is 4.96. The van der Waals surface area contributed by atoms with E-state index in [1.54, 1.807) is 6.92 Å². The van der Waals surface area contributed by atoms with E-state index < -0.39 is 12.1 Å². The molecule has 0 radical (unpaired) electrons. The topological polar surface area (TPSA) is 109 Å². The zero-order chi connectivity index (χ0) is 23.4. The number of carbonyl (C=O) groups excluding carboxylic acids is 1. The Labute approximate surface area is 187 Å². The molecule has 32 heavy (non-hydrogen) atoms. The van der Waals surface area contributed by atoms with Gasteiger partial charge in [0.05, 0.1) is 32.7 Å². The number of methoxy groups -OCH3 is 2. The quantitative estimate of drug-likeness (QED) is 0.531. The number of rotatable bonds is 8. The number of hydrogen-bond donors (Lipinski definition) is 1. The summed E-state index contributed by atoms with van der Waals surface area (Å²) in [5.41, 5.74) is 3.13. The number of benzene rings is 1. The maximum absolute atomic E-state index is 12.8. The van der Waals surface area contributed by atoms with Gasteiger partial charge in [-0.1, -0.05) is 43.7 Å². The third-order valence-corrected chi connectivity index (χ3v) is 4.96. The Bertz CT molecular complexity index is 1090. The van der Waals surface area contributed by atoms with Crippen LogP contribution in [0, 0.1) is 6.92 Å². The van der Waals surface area contributed by atoms with Crippen molar-refractivity contribution >= 4 is 5.97 Å². The molecule has 0 amide bonds. The van der Waals surface area contributed by atoms with Crippen LogP contribution in [0.1, 0.15) is 65.7 Å². The van der Waals surface area contributed by atoms with Gasteiger partial charge in [0.2, 0.25) is 5.88 Å². The minimum Gasteiger partial charge on any atom is -0.479 e. The lowest BCUT2D eigenvalue weighted by Gasteiger charge is -2.18. The van der Waals surface area contributed by atoms with Gasteiger partial charge in [0, 0.05) is 5.56 Å². The van der Waals surface area contributed by atoms with Gasteiger partial charge in [-0.3, -0.25) is 0 Å². The van der Waals surface area contributed by atoms with Crippen molar-refractivity contribution in [3.63, 3.8) is 0 Å². The molecule has 0 aliphatic rings. The van der Waals surface area contributed by atoms with Crippen molar-refractivity contribution in [2.45, 2.75) is 39.7 Å². The molecule has 2 heterocycles. The Hall–Kier alpha value is -3.46. The van der Waals surface area contributed by atoms with Crippen LogP contribution in [0.4, 0.5) is 0 Å². The van der Waals surface area contributed by atoms with Crippen LogP contribution < -0.4 is 9.47 Å². The molecule has 0 bridgehead atoms. The van der Waals surface area contributed by atoms with Crippen molar-refractivity contribution in [2.75, 3.05) is 20.8 Å². The number of aliphatic hydroxyl groups is 1. The van der Waals surface area contributed by atoms with Gasteiger partial charge in [0.25, 0.3) is 0 Å². The van der Waals surface area contributed by atoms with Crippen LogP contribution in [0.3, 0.4) is 0 Å². The summed E-state index contributed by atoms with van der Waals surface area (Å²) in [6.07, 6.45) is 0.409. The summed E-state index contributed by atoms with van der Waals surface area (Å²) in [4.78, 5) is 21.2. The predicted octanol–water partition coefficient (Wildman–Crippen LogP) is 3.37. The summed E-state index contributed by atoms with van der Waals surface area (Å²) >= 11 is 0. The zero-order valence-corrected chi connectivity index (χ0v) is 19.1. The number of esters is 1. The van der Waals surface area contributed by atoms with Crippen molar-refractivity contribution in [2.24, 2.45) is 0 Å². The van der Waals surface area contributed by atoms with Crippen LogP contribution in [-0.4, -0.2) is 51.7 Å². The van der Waals surface area contributed by atoms with Gasteiger partial charge in [0.15, 0.2) is 5.69 Å². The van der Waals surface area contributed by atoms with Crippen molar-refractivity contribution in [3.8, 4) is 17.6 Å². The Kier molecular flexibility index (Phi) is 7.09. The second kappa shape index (κ2) is 9.78. The lowest BCUT2D eigenvalue weighted by Crippen LogP contribution is -2.12. The fourth-order valence-corrected chi connectivity index (χ4v) is 3.46. The Morgan fingerprint density at radius 1 is 1.16 bits per heavy atom. The van der Waals surface area contributed by atoms with Gasteiger partial charge in [-0.15, -0.1) is 0 Å². The SMILES string of the molecule is CCOC(=O)c1nn(-c2cnc(OC)nc2OC)c(C(C)C)c1C(O)c1ccc(C)cc1. The monoisotopic (exact) mass is 440 g/mol. The largest absolute Gasteiger partial charge is 0.479 e. The van der Waals surface area contributed by atoms with E-state index in [1.807, 2.05) is 45.0 Å². The molecule has 3 aromatic rings. The molecule has 1 unspecified atom stereocenters. The predicted molar refractivity (Wildman–Crippen MR) is 118 cm³/mol. The number of hydrogen-bond acceptors (Lipinski definition) is 8. The smallest absolute Gasteiger partial charge is 0.359 e. The highest BCUT2D eigenvalue weighted by Crippen LogP contribution is 2.36. The van der Waals surface area contributed by atoms with Gasteiger partial charge < -0.3 is 19.3 Å². The molecule has 0 aliphatic carbocycles. The number of nitrogens with zero attached hydrogens (tertiary/aromatic N) is 4. The van der Waals surface area contributed by atoms with Gasteiger partial charge in [-0.2, -0.15) is 10.1 Å². The maximum Gasteiger partial charge on any atom is 0.359 e. The molecule has 9 heteroatoms. The fraction of sp³-hybridized carbons (Fsp3) is 0.391. The Morgan fingerprint density at radius 2 is 1.84 bits per heavy atom. The van der Waals surface area contributed by atoms with E-state index in [9.17, 15) is 9.90 Å². The van der Waals surface area contributed by atoms with E-state index >= 15 is 0 Å². The minimum atomic E-state index is -1.09. The molecule has 1 N–H and O–H groups in total. The van der Waals surface area contributed by atoms with Crippen LogP contribution in [0.25, 0.3) is 5.69 Å². The van der Waals surface area contributed by atoms with Crippen LogP contribution in [0.5, 0.6) is 11.9 Å². The van der Waals surface area contributed by atoms with Crippen LogP contribution in [-0.2, 0) is 4.74 Å². The first-order chi connectivity index (χ1) is 15.3. The standard InChI is InChI=1S/C23H28N4O5/c1-7-32-22(29)18-17(20(28)15-10-8-14(4)9-11-15)19(13(2)3)27(26-18)16-12-24-23(31-6)25-21(16)30-5/h8-13,20,28H,7H2,1-6H3. The van der Waals surface area contributed by atoms with Gasteiger partial charge in [-0.25, -0.2) is 14.5 Å². The summed E-state index contributed by atoms with van der Waals surface area (Å²) in [6.45, 7) is 7.76. The lowest BCUT2D eigenvalue weighted by molar-refractivity contribution is 0.0513. The zero-order valence-electron chi connectivity index (χ0n) is 19.1. The number of aliphatic hydroxyl groups excluding tert-OH is 1. The van der Waals surface area contributed by atoms with E-state index in [2.05, 4.69) is 15.1 Å². The molecule has 0 aliphatic heterocycles. The second-order valence-corrected chi connectivity index (χ2v) is 7.50. The Morgan fingerprint density at radius 3 is 2.41 bits per heavy atom. The summed E-state index contributed by atoms with van der Waals surface area (Å²) < 4.78 is 17.3. The second-order valence-electron chi connectivity index (χ2n) is 7.50. The molecule has 0 spiro atoms. The van der Waals surface area contributed by atoms with Crippen molar-refractivity contribution in [1.29, 1.82) is 0 Å². The molecular formula is C23H28N4O5. The average molecular weight is 441 g/mol. The van der Waals surface area contributed by atoms with Crippen LogP contribution >= 0.6 is 0 Å². The van der Waals surface area contributed by atoms with Crippen molar-refractivity contribution in [3.05, 3.63) is 58.5 Å². The number of aryl methyl sites for hydroxylation is 1. The lowest BCUT2D eigenvalue weighted by atomic mass is 9.94. The highest BCUT2D eigenvalue weighted by molar-refractivity contribution is 5.90. The molecule has 3 rings (SSSR count). The van der Waals surface area contributed by atoms with E-state index in [1.165, 1.54) is 25.1 Å². The molecule has 170 valence electrons. The van der Waals surface area contributed by atoms with E-state index in [0.29, 0.717) is 22.5 Å². The van der Waals surface area contributed by atoms with Crippen LogP contribution in [0.15, 0.2) is 30.5 Å². The van der Waals surface area contributed by atoms with Gasteiger partial charge in [0.1, 0.15) is 11.8 Å². The molecular weight excluding hydrogens is 412 g/mol. The normalized spacial score (nSPS) is 12.0. The highest BCUT2D eigenvalue weighted by Gasteiger charge is 2.32. The molecule has 1 atom stereocenters. The third kappa shape index (κ3) is 4.43. The molecule has 0 saturated carbocycles. The molecule has 9 nitrogen and oxygen atoms in total. The minimum absolute atomic E-state index is 0.0292. The first-order valence-electron chi connectivity index (χ1n) is 10.3. The summed E-state index contributed by atoms with van der Waals surface area (Å²) in [6, 6.07) is 7.60. The average Bonchev–Trinajstić information content (AvgIpc) is 3.19. The number of aromatic nitrogens is 4. The molecule has 0 fully saturated rings. The maximum atomic E-state index is 12.8. The first kappa shape index (κ1) is 23.2. The fourth-order valence-electron chi connectivity index (χ4n) is 3.46. The summed E-state index contributed by atoms with van der Waals surface area (Å²) in [5, 5.41) is 15.9. The molecule has 0 saturated heterocycles. The summed E-state index contributed by atoms with van der Waals surface area (Å²) in [7, 11) is 2.93. The van der Waals surface area contributed by atoms with Gasteiger partial charge >= 0.3 is 12.0 Å². The van der Waals surface area contributed by atoms with Crippen LogP contribution in [0.2, 0.25) is 0 Å². The molecule has 2 aromatic heterocycles. The Balaban J connectivity index is 2.29. The number of ether oxygens (including phenoxy) is 3. The first-order valence-corrected chi connectivity index (χ1v) is 10.3. The highest BCUT2D eigenvalue weighted by atomic mass is 16.5. The summed E-state index contributed by atoms with van der Waals surface area (Å²) in [5.74, 6) is -0.525. The van der Waals surface area contributed by atoms with Crippen molar-refractivity contribution in [1.82, 2.24) is 19.7 Å². The van der Waals surface area contributed by atoms with E-state index in [0.717, 1.165) is 5.56 Å². The number of carbonyl (C=O) groups is 1. The van der Waals surface area contributed by atoms with E-state index in [4.69, 9.17) is 14.2 Å². The van der Waals surface area contributed by atoms with Crippen molar-refractivity contribution < 1.29 is 24.1 Å².